The van der Waals surface area contributed by atoms with Crippen molar-refractivity contribution in [2.45, 2.75) is 26.3 Å². The van der Waals surface area contributed by atoms with Crippen molar-refractivity contribution in [3.63, 3.8) is 0 Å². The molecule has 96 valence electrons. The molecule has 5 heteroatoms. The minimum absolute atomic E-state index is 0.205. The maximum Gasteiger partial charge on any atom is 0.135 e. The Labute approximate surface area is 104 Å². The van der Waals surface area contributed by atoms with Crippen molar-refractivity contribution in [2.24, 2.45) is 0 Å². The number of hydrogen-bond acceptors (Lipinski definition) is 2. The standard InChI is InChI=1S/C13H15F2N3/c1-13(2,3)18-7-17-11(12(18)16)9-5-4-8(14)6-10(9)15/h4-7H,16H2,1-3H3. The van der Waals surface area contributed by atoms with Gasteiger partial charge in [-0.05, 0) is 32.9 Å². The van der Waals surface area contributed by atoms with Crippen molar-refractivity contribution in [3.05, 3.63) is 36.2 Å². The van der Waals surface area contributed by atoms with Crippen molar-refractivity contribution in [1.29, 1.82) is 0 Å². The third kappa shape index (κ3) is 2.08. The number of imidazole rings is 1. The molecule has 18 heavy (non-hydrogen) atoms. The fourth-order valence-corrected chi connectivity index (χ4v) is 1.78. The molecule has 0 aliphatic heterocycles. The van der Waals surface area contributed by atoms with Gasteiger partial charge in [-0.25, -0.2) is 13.8 Å². The van der Waals surface area contributed by atoms with Gasteiger partial charge in [-0.3, -0.25) is 0 Å². The lowest BCUT2D eigenvalue weighted by Crippen LogP contribution is -2.22. The normalized spacial score (nSPS) is 11.8. The van der Waals surface area contributed by atoms with Gasteiger partial charge in [0.1, 0.15) is 23.1 Å². The number of aromatic nitrogens is 2. The molecule has 3 nitrogen and oxygen atoms in total. The van der Waals surface area contributed by atoms with Gasteiger partial charge in [-0.2, -0.15) is 0 Å². The lowest BCUT2D eigenvalue weighted by atomic mass is 10.1. The van der Waals surface area contributed by atoms with E-state index in [9.17, 15) is 8.78 Å². The van der Waals surface area contributed by atoms with E-state index < -0.39 is 11.6 Å². The summed E-state index contributed by atoms with van der Waals surface area (Å²) < 4.78 is 28.3. The molecule has 0 spiro atoms. The maximum atomic E-state index is 13.7. The SMILES string of the molecule is CC(C)(C)n1cnc(-c2ccc(F)cc2F)c1N. The van der Waals surface area contributed by atoms with E-state index in [-0.39, 0.29) is 11.1 Å². The highest BCUT2D eigenvalue weighted by molar-refractivity contribution is 5.71. The van der Waals surface area contributed by atoms with Crippen LogP contribution < -0.4 is 5.73 Å². The van der Waals surface area contributed by atoms with Gasteiger partial charge in [-0.15, -0.1) is 0 Å². The average molecular weight is 251 g/mol. The Kier molecular flexibility index (Phi) is 2.84. The highest BCUT2D eigenvalue weighted by Crippen LogP contribution is 2.30. The molecule has 2 N–H and O–H groups in total. The Hall–Kier alpha value is -1.91. The molecule has 2 rings (SSSR count). The number of anilines is 1. The first kappa shape index (κ1) is 12.5. The summed E-state index contributed by atoms with van der Waals surface area (Å²) in [4.78, 5) is 4.12. The Morgan fingerprint density at radius 2 is 1.89 bits per heavy atom. The number of benzene rings is 1. The van der Waals surface area contributed by atoms with Crippen LogP contribution in [0.25, 0.3) is 11.3 Å². The summed E-state index contributed by atoms with van der Waals surface area (Å²) in [6.45, 7) is 5.90. The molecular formula is C13H15F2N3. The first-order valence-corrected chi connectivity index (χ1v) is 5.59. The van der Waals surface area contributed by atoms with E-state index >= 15 is 0 Å². The van der Waals surface area contributed by atoms with Crippen LogP contribution in [0.2, 0.25) is 0 Å². The van der Waals surface area contributed by atoms with Gasteiger partial charge in [0.15, 0.2) is 0 Å². The molecule has 0 amide bonds. The van der Waals surface area contributed by atoms with Crippen LogP contribution in [-0.4, -0.2) is 9.55 Å². The van der Waals surface area contributed by atoms with Gasteiger partial charge in [-0.1, -0.05) is 0 Å². The second-order valence-electron chi connectivity index (χ2n) is 5.14. The van der Waals surface area contributed by atoms with Gasteiger partial charge >= 0.3 is 0 Å². The largest absolute Gasteiger partial charge is 0.383 e. The van der Waals surface area contributed by atoms with Crippen LogP contribution in [0.1, 0.15) is 20.8 Å². The van der Waals surface area contributed by atoms with Crippen LogP contribution in [0, 0.1) is 11.6 Å². The Morgan fingerprint density at radius 3 is 2.39 bits per heavy atom. The van der Waals surface area contributed by atoms with Crippen LogP contribution in [0.3, 0.4) is 0 Å². The summed E-state index contributed by atoms with van der Waals surface area (Å²) >= 11 is 0. The van der Waals surface area contributed by atoms with Crippen molar-refractivity contribution in [3.8, 4) is 11.3 Å². The Bertz CT molecular complexity index is 582. The van der Waals surface area contributed by atoms with Crippen LogP contribution in [0.4, 0.5) is 14.6 Å². The molecule has 0 atom stereocenters. The van der Waals surface area contributed by atoms with E-state index in [2.05, 4.69) is 4.98 Å². The van der Waals surface area contributed by atoms with Crippen molar-refractivity contribution in [2.75, 3.05) is 5.73 Å². The molecule has 0 unspecified atom stereocenters. The molecule has 0 saturated carbocycles. The molecule has 1 heterocycles. The van der Waals surface area contributed by atoms with Crippen molar-refractivity contribution in [1.82, 2.24) is 9.55 Å². The molecule has 1 aromatic heterocycles. The number of halogens is 2. The minimum atomic E-state index is -0.666. The summed E-state index contributed by atoms with van der Waals surface area (Å²) in [6.07, 6.45) is 1.56. The fraction of sp³-hybridized carbons (Fsp3) is 0.308. The average Bonchev–Trinajstić information content (AvgIpc) is 2.60. The summed E-state index contributed by atoms with van der Waals surface area (Å²) in [5.41, 5.74) is 6.27. The zero-order valence-electron chi connectivity index (χ0n) is 10.5. The Balaban J connectivity index is 2.56. The third-order valence-electron chi connectivity index (χ3n) is 2.71. The highest BCUT2D eigenvalue weighted by Gasteiger charge is 2.20. The number of rotatable bonds is 1. The number of nitrogen functional groups attached to an aromatic ring is 1. The zero-order valence-corrected chi connectivity index (χ0v) is 10.5. The van der Waals surface area contributed by atoms with Crippen LogP contribution in [0.15, 0.2) is 24.5 Å². The van der Waals surface area contributed by atoms with Crippen molar-refractivity contribution >= 4 is 5.82 Å². The summed E-state index contributed by atoms with van der Waals surface area (Å²) in [6, 6.07) is 3.36. The van der Waals surface area contributed by atoms with E-state index in [4.69, 9.17) is 5.73 Å². The fourth-order valence-electron chi connectivity index (χ4n) is 1.78. The number of nitrogens with zero attached hydrogens (tertiary/aromatic N) is 2. The monoisotopic (exact) mass is 251 g/mol. The molecular weight excluding hydrogens is 236 g/mol. The molecule has 2 aromatic rings. The summed E-state index contributed by atoms with van der Waals surface area (Å²) in [5.74, 6) is -0.918. The van der Waals surface area contributed by atoms with Crippen molar-refractivity contribution < 1.29 is 8.78 Å². The van der Waals surface area contributed by atoms with E-state index in [0.717, 1.165) is 6.07 Å². The van der Waals surface area contributed by atoms with Gasteiger partial charge in [0.2, 0.25) is 0 Å². The maximum absolute atomic E-state index is 13.7. The van der Waals surface area contributed by atoms with Gasteiger partial charge in [0.25, 0.3) is 0 Å². The Morgan fingerprint density at radius 1 is 1.22 bits per heavy atom. The number of nitrogens with two attached hydrogens (primary N) is 1. The zero-order chi connectivity index (χ0) is 13.5. The topological polar surface area (TPSA) is 43.8 Å². The van der Waals surface area contributed by atoms with E-state index in [0.29, 0.717) is 11.5 Å². The van der Waals surface area contributed by atoms with E-state index in [1.807, 2.05) is 20.8 Å². The van der Waals surface area contributed by atoms with Gasteiger partial charge in [0.05, 0.1) is 6.33 Å². The van der Waals surface area contributed by atoms with Crippen LogP contribution in [-0.2, 0) is 5.54 Å². The first-order chi connectivity index (χ1) is 8.30. The molecule has 0 aliphatic carbocycles. The number of hydrogen-bond donors (Lipinski definition) is 1. The summed E-state index contributed by atoms with van der Waals surface area (Å²) in [7, 11) is 0. The third-order valence-corrected chi connectivity index (χ3v) is 2.71. The minimum Gasteiger partial charge on any atom is -0.383 e. The predicted octanol–water partition coefficient (Wildman–Crippen LogP) is 3.17. The molecule has 0 radical (unpaired) electrons. The van der Waals surface area contributed by atoms with Gasteiger partial charge in [0, 0.05) is 17.2 Å². The molecule has 0 aliphatic rings. The highest BCUT2D eigenvalue weighted by atomic mass is 19.1. The molecule has 0 fully saturated rings. The molecule has 0 saturated heterocycles. The summed E-state index contributed by atoms with van der Waals surface area (Å²) in [5, 5.41) is 0. The predicted molar refractivity (Wildman–Crippen MR) is 67.0 cm³/mol. The second-order valence-corrected chi connectivity index (χ2v) is 5.14. The second kappa shape index (κ2) is 4.08. The van der Waals surface area contributed by atoms with E-state index in [1.165, 1.54) is 12.1 Å². The van der Waals surface area contributed by atoms with Gasteiger partial charge < -0.3 is 10.3 Å². The molecule has 1 aromatic carbocycles. The lowest BCUT2D eigenvalue weighted by Gasteiger charge is -2.22. The lowest BCUT2D eigenvalue weighted by molar-refractivity contribution is 0.402. The van der Waals surface area contributed by atoms with E-state index in [1.54, 1.807) is 10.9 Å². The first-order valence-electron chi connectivity index (χ1n) is 5.59. The molecule has 0 bridgehead atoms. The smallest absolute Gasteiger partial charge is 0.135 e. The quantitative estimate of drug-likeness (QED) is 0.846. The van der Waals surface area contributed by atoms with Crippen LogP contribution in [0.5, 0.6) is 0 Å². The van der Waals surface area contributed by atoms with Crippen LogP contribution >= 0.6 is 0 Å².